The maximum absolute atomic E-state index is 11.9. The molecule has 9 heteroatoms. The fourth-order valence-electron chi connectivity index (χ4n) is 2.31. The van der Waals surface area contributed by atoms with E-state index in [1.54, 1.807) is 12.1 Å². The topological polar surface area (TPSA) is 114 Å². The quantitative estimate of drug-likeness (QED) is 0.771. The predicted octanol–water partition coefficient (Wildman–Crippen LogP) is 0.734. The zero-order chi connectivity index (χ0) is 15.9. The Kier molecular flexibility index (Phi) is 4.02. The van der Waals surface area contributed by atoms with Gasteiger partial charge in [-0.05, 0) is 17.7 Å². The Bertz CT molecular complexity index is 670. The molecule has 2 unspecified atom stereocenters. The Morgan fingerprint density at radius 2 is 2.32 bits per heavy atom. The highest BCUT2D eigenvalue weighted by atomic mass is 32.2. The highest BCUT2D eigenvalue weighted by Crippen LogP contribution is 2.40. The molecule has 0 spiro atoms. The number of hydrogen-bond donors (Lipinski definition) is 2. The van der Waals surface area contributed by atoms with Crippen molar-refractivity contribution < 1.29 is 23.9 Å². The van der Waals surface area contributed by atoms with Gasteiger partial charge >= 0.3 is 5.97 Å². The molecule has 3 rings (SSSR count). The van der Waals surface area contributed by atoms with E-state index in [2.05, 4.69) is 0 Å². The minimum Gasteiger partial charge on any atom is -0.477 e. The lowest BCUT2D eigenvalue weighted by molar-refractivity contribution is -0.147. The van der Waals surface area contributed by atoms with Gasteiger partial charge in [0.15, 0.2) is 5.76 Å². The third-order valence-electron chi connectivity index (χ3n) is 3.39. The minimum absolute atomic E-state index is 0.0461. The second-order valence-corrected chi connectivity index (χ2v) is 6.80. The van der Waals surface area contributed by atoms with Gasteiger partial charge in [-0.2, -0.15) is 0 Å². The normalized spacial score (nSPS) is 24.0. The maximum atomic E-state index is 11.9. The molecule has 7 nitrogen and oxygen atoms in total. The molecular weight excluding hydrogens is 328 g/mol. The van der Waals surface area contributed by atoms with Crippen molar-refractivity contribution in [2.24, 2.45) is 5.73 Å². The smallest absolute Gasteiger partial charge is 0.352 e. The number of hydrogen-bond acceptors (Lipinski definition) is 7. The van der Waals surface area contributed by atoms with E-state index in [1.807, 2.05) is 0 Å². The van der Waals surface area contributed by atoms with Crippen LogP contribution in [0.1, 0.15) is 10.6 Å². The van der Waals surface area contributed by atoms with Gasteiger partial charge in [0.1, 0.15) is 17.1 Å². The van der Waals surface area contributed by atoms with Crippen LogP contribution >= 0.6 is 23.5 Å². The van der Waals surface area contributed by atoms with Crippen LogP contribution < -0.4 is 5.73 Å². The van der Waals surface area contributed by atoms with Gasteiger partial charge in [0.25, 0.3) is 5.12 Å². The van der Waals surface area contributed by atoms with E-state index >= 15 is 0 Å². The average Bonchev–Trinajstić information content (AvgIpc) is 3.05. The molecule has 1 aromatic heterocycles. The van der Waals surface area contributed by atoms with Crippen LogP contribution in [0.25, 0.3) is 0 Å². The molecule has 3 N–H and O–H groups in total. The monoisotopic (exact) mass is 340 g/mol. The second-order valence-electron chi connectivity index (χ2n) is 4.75. The molecule has 1 fully saturated rings. The van der Waals surface area contributed by atoms with Crippen LogP contribution in [0.5, 0.6) is 0 Å². The maximum Gasteiger partial charge on any atom is 0.352 e. The second kappa shape index (κ2) is 5.82. The van der Waals surface area contributed by atoms with Crippen LogP contribution in [0.2, 0.25) is 0 Å². The van der Waals surface area contributed by atoms with Crippen LogP contribution in [0, 0.1) is 0 Å². The Balaban J connectivity index is 1.77. The van der Waals surface area contributed by atoms with Gasteiger partial charge < -0.3 is 15.3 Å². The Hall–Kier alpha value is -1.71. The van der Waals surface area contributed by atoms with Crippen molar-refractivity contribution in [3.63, 3.8) is 0 Å². The number of nitrogens with zero attached hydrogens (tertiary/aromatic N) is 1. The molecule has 1 aromatic rings. The summed E-state index contributed by atoms with van der Waals surface area (Å²) in [6.07, 6.45) is 1.40. The molecule has 0 radical (unpaired) electrons. The largest absolute Gasteiger partial charge is 0.477 e. The number of carbonyl (C=O) groups is 3. The minimum atomic E-state index is -1.17. The highest BCUT2D eigenvalue weighted by Gasteiger charge is 2.51. The SMILES string of the molecule is NC1C(=O)N2C(C(=O)O)=C(CSC(=O)c3ccco3)CSC12. The number of amides is 1. The molecule has 1 amide bonds. The summed E-state index contributed by atoms with van der Waals surface area (Å²) < 4.78 is 5.00. The number of carboxylic acid groups (broad SMARTS) is 1. The van der Waals surface area contributed by atoms with Gasteiger partial charge in [0, 0.05) is 11.5 Å². The molecule has 2 aliphatic rings. The van der Waals surface area contributed by atoms with E-state index in [1.165, 1.54) is 22.9 Å². The van der Waals surface area contributed by atoms with Crippen molar-refractivity contribution in [2.45, 2.75) is 11.4 Å². The number of fused-ring (bicyclic) bond motifs is 1. The average molecular weight is 340 g/mol. The molecule has 0 aromatic carbocycles. The lowest BCUT2D eigenvalue weighted by Crippen LogP contribution is -2.68. The summed E-state index contributed by atoms with van der Waals surface area (Å²) in [5.74, 6) is -0.728. The number of nitrogens with two attached hydrogens (primary N) is 1. The first-order chi connectivity index (χ1) is 10.5. The number of aliphatic carboxylic acids is 1. The van der Waals surface area contributed by atoms with Crippen molar-refractivity contribution >= 4 is 40.5 Å². The summed E-state index contributed by atoms with van der Waals surface area (Å²) in [4.78, 5) is 36.4. The zero-order valence-corrected chi connectivity index (χ0v) is 12.9. The lowest BCUT2D eigenvalue weighted by atomic mass is 10.0. The van der Waals surface area contributed by atoms with E-state index < -0.39 is 17.9 Å². The van der Waals surface area contributed by atoms with Crippen LogP contribution in [-0.4, -0.2) is 49.9 Å². The van der Waals surface area contributed by atoms with Crippen molar-refractivity contribution in [1.29, 1.82) is 0 Å². The summed E-state index contributed by atoms with van der Waals surface area (Å²) in [6.45, 7) is 0. The third kappa shape index (κ3) is 2.44. The summed E-state index contributed by atoms with van der Waals surface area (Å²) in [5.41, 5.74) is 6.17. The van der Waals surface area contributed by atoms with Crippen LogP contribution in [0.15, 0.2) is 34.1 Å². The summed E-state index contributed by atoms with van der Waals surface area (Å²) in [6, 6.07) is 2.50. The first-order valence-electron chi connectivity index (χ1n) is 6.37. The standard InChI is InChI=1S/C13H12N2O5S2/c14-8-10(16)15-9(12(17)18)6(4-21-11(8)15)5-22-13(19)7-2-1-3-20-7/h1-3,8,11H,4-5,14H2,(H,17,18). The van der Waals surface area contributed by atoms with E-state index in [0.717, 1.165) is 11.8 Å². The number of β-lactam (4-membered cyclic amide) rings is 1. The van der Waals surface area contributed by atoms with Crippen molar-refractivity contribution in [1.82, 2.24) is 4.90 Å². The van der Waals surface area contributed by atoms with Crippen molar-refractivity contribution in [3.8, 4) is 0 Å². The lowest BCUT2D eigenvalue weighted by Gasteiger charge is -2.48. The summed E-state index contributed by atoms with van der Waals surface area (Å²) in [7, 11) is 0. The number of carbonyl (C=O) groups excluding carboxylic acids is 2. The van der Waals surface area contributed by atoms with Crippen molar-refractivity contribution in [2.75, 3.05) is 11.5 Å². The van der Waals surface area contributed by atoms with Gasteiger partial charge in [-0.1, -0.05) is 11.8 Å². The molecule has 116 valence electrons. The zero-order valence-electron chi connectivity index (χ0n) is 11.2. The molecule has 2 atom stereocenters. The van der Waals surface area contributed by atoms with Gasteiger partial charge in [0.05, 0.1) is 6.26 Å². The number of furan rings is 1. The van der Waals surface area contributed by atoms with Crippen LogP contribution in [-0.2, 0) is 9.59 Å². The van der Waals surface area contributed by atoms with Gasteiger partial charge in [-0.15, -0.1) is 11.8 Å². The summed E-state index contributed by atoms with van der Waals surface area (Å²) in [5, 5.41) is 8.77. The first kappa shape index (κ1) is 15.2. The predicted molar refractivity (Wildman–Crippen MR) is 81.2 cm³/mol. The third-order valence-corrected chi connectivity index (χ3v) is 5.71. The van der Waals surface area contributed by atoms with Crippen LogP contribution in [0.3, 0.4) is 0 Å². The molecule has 0 saturated carbocycles. The fourth-order valence-corrected chi connectivity index (χ4v) is 4.53. The molecule has 0 bridgehead atoms. The van der Waals surface area contributed by atoms with Crippen LogP contribution in [0.4, 0.5) is 0 Å². The molecule has 2 aliphatic heterocycles. The number of thioether (sulfide) groups is 2. The van der Waals surface area contributed by atoms with E-state index in [9.17, 15) is 19.5 Å². The molecular formula is C13H12N2O5S2. The first-order valence-corrected chi connectivity index (χ1v) is 8.40. The number of carboxylic acids is 1. The molecule has 22 heavy (non-hydrogen) atoms. The van der Waals surface area contributed by atoms with E-state index in [0.29, 0.717) is 11.3 Å². The molecule has 0 aliphatic carbocycles. The Labute approximate surface area is 133 Å². The molecule has 1 saturated heterocycles. The molecule has 3 heterocycles. The highest BCUT2D eigenvalue weighted by molar-refractivity contribution is 8.14. The number of rotatable bonds is 4. The Morgan fingerprint density at radius 1 is 1.55 bits per heavy atom. The van der Waals surface area contributed by atoms with E-state index in [4.69, 9.17) is 10.2 Å². The Morgan fingerprint density at radius 3 is 2.95 bits per heavy atom. The van der Waals surface area contributed by atoms with Gasteiger partial charge in [-0.25, -0.2) is 4.79 Å². The fraction of sp³-hybridized carbons (Fsp3) is 0.308. The van der Waals surface area contributed by atoms with Gasteiger partial charge in [-0.3, -0.25) is 14.5 Å². The van der Waals surface area contributed by atoms with Gasteiger partial charge in [0.2, 0.25) is 5.91 Å². The summed E-state index contributed by atoms with van der Waals surface area (Å²) >= 11 is 2.37. The van der Waals surface area contributed by atoms with Crippen molar-refractivity contribution in [3.05, 3.63) is 35.4 Å². The van der Waals surface area contributed by atoms with E-state index in [-0.39, 0.29) is 27.7 Å².